The van der Waals surface area contributed by atoms with E-state index in [0.717, 1.165) is 5.56 Å². The van der Waals surface area contributed by atoms with E-state index in [2.05, 4.69) is 5.32 Å². The molecule has 1 aromatic rings. The normalized spacial score (nSPS) is 25.9. The van der Waals surface area contributed by atoms with Gasteiger partial charge in [-0.25, -0.2) is 4.79 Å². The molecule has 2 aliphatic heterocycles. The van der Waals surface area contributed by atoms with Crippen LogP contribution in [0, 0.1) is 0 Å². The lowest BCUT2D eigenvalue weighted by atomic mass is 10.0. The summed E-state index contributed by atoms with van der Waals surface area (Å²) >= 11 is 0. The Hall–Kier alpha value is -2.41. The Morgan fingerprint density at radius 2 is 1.92 bits per heavy atom. The Morgan fingerprint density at radius 1 is 1.24 bits per heavy atom. The van der Waals surface area contributed by atoms with Crippen LogP contribution < -0.4 is 5.32 Å². The Bertz CT molecular complexity index is 689. The van der Waals surface area contributed by atoms with Crippen molar-refractivity contribution in [3.05, 3.63) is 35.9 Å². The minimum Gasteiger partial charge on any atom is -0.367 e. The molecule has 1 N–H and O–H groups in total. The molecule has 2 aliphatic rings. The second-order valence-electron chi connectivity index (χ2n) is 7.05. The highest BCUT2D eigenvalue weighted by molar-refractivity contribution is 6.07. The highest BCUT2D eigenvalue weighted by Crippen LogP contribution is 2.26. The number of hydrogen-bond acceptors (Lipinski definition) is 4. The highest BCUT2D eigenvalue weighted by Gasteiger charge is 2.46. The fraction of sp³-hybridized carbons (Fsp3) is 0.500. The van der Waals surface area contributed by atoms with Crippen molar-refractivity contribution in [2.45, 2.75) is 38.5 Å². The summed E-state index contributed by atoms with van der Waals surface area (Å²) in [5, 5.41) is 2.26. The first-order valence-electron chi connectivity index (χ1n) is 8.40. The van der Waals surface area contributed by atoms with Crippen molar-refractivity contribution in [2.75, 3.05) is 19.6 Å². The number of ether oxygens (including phenoxy) is 1. The Balaban J connectivity index is 1.71. The molecule has 0 saturated carbocycles. The number of benzene rings is 1. The number of nitrogens with one attached hydrogen (secondary N) is 1. The first-order chi connectivity index (χ1) is 11.8. The lowest BCUT2D eigenvalue weighted by Crippen LogP contribution is -2.53. The molecule has 0 aromatic heterocycles. The average Bonchev–Trinajstić information content (AvgIpc) is 2.77. The Morgan fingerprint density at radius 3 is 2.52 bits per heavy atom. The predicted octanol–water partition coefficient (Wildman–Crippen LogP) is 1.31. The van der Waals surface area contributed by atoms with Crippen LogP contribution in [0.2, 0.25) is 0 Å². The van der Waals surface area contributed by atoms with E-state index < -0.39 is 11.6 Å². The summed E-state index contributed by atoms with van der Waals surface area (Å²) in [6.45, 7) is 5.96. The van der Waals surface area contributed by atoms with Crippen LogP contribution in [-0.2, 0) is 14.3 Å². The number of nitrogens with zero attached hydrogens (tertiary/aromatic N) is 2. The van der Waals surface area contributed by atoms with Crippen LogP contribution in [0.15, 0.2) is 30.3 Å². The topological polar surface area (TPSA) is 79.0 Å². The van der Waals surface area contributed by atoms with Gasteiger partial charge in [0.05, 0.1) is 12.6 Å². The first kappa shape index (κ1) is 17.4. The molecule has 2 fully saturated rings. The van der Waals surface area contributed by atoms with E-state index >= 15 is 0 Å². The van der Waals surface area contributed by atoms with E-state index in [1.165, 1.54) is 4.90 Å². The maximum absolute atomic E-state index is 12.8. The van der Waals surface area contributed by atoms with Crippen molar-refractivity contribution in [1.82, 2.24) is 15.1 Å². The molecular formula is C18H23N3O4. The number of carbonyl (C=O) groups excluding carboxylic acids is 3. The fourth-order valence-electron chi connectivity index (χ4n) is 3.21. The molecule has 1 aromatic carbocycles. The molecule has 7 heteroatoms. The largest absolute Gasteiger partial charge is 0.367 e. The molecule has 4 amide bonds. The average molecular weight is 345 g/mol. The van der Waals surface area contributed by atoms with Crippen LogP contribution in [0.3, 0.4) is 0 Å². The van der Waals surface area contributed by atoms with Gasteiger partial charge in [0.25, 0.3) is 5.91 Å². The first-order valence-corrected chi connectivity index (χ1v) is 8.40. The number of imide groups is 1. The Labute approximate surface area is 146 Å². The van der Waals surface area contributed by atoms with Gasteiger partial charge in [-0.05, 0) is 26.3 Å². The van der Waals surface area contributed by atoms with E-state index in [4.69, 9.17) is 4.74 Å². The van der Waals surface area contributed by atoms with Crippen molar-refractivity contribution in [3.63, 3.8) is 0 Å². The summed E-state index contributed by atoms with van der Waals surface area (Å²) in [5.41, 5.74) is -0.00926. The van der Waals surface area contributed by atoms with Gasteiger partial charge in [0.1, 0.15) is 18.2 Å². The van der Waals surface area contributed by atoms with E-state index in [0.29, 0.717) is 13.1 Å². The summed E-state index contributed by atoms with van der Waals surface area (Å²) in [7, 11) is 0. The van der Waals surface area contributed by atoms with Gasteiger partial charge in [-0.1, -0.05) is 30.3 Å². The minimum absolute atomic E-state index is 0.107. The number of hydrogen-bond donors (Lipinski definition) is 1. The molecule has 2 saturated heterocycles. The number of urea groups is 1. The standard InChI is InChI=1S/C18H23N3O4/c1-12-9-20(10-14(25-12)13-7-5-4-6-8-13)15(22)11-21-17(24)19-16(23)18(21,2)3/h4-8,12,14H,9-11H2,1-3H3,(H,19,23,24)/t12-,14-/m1/s1. The molecular weight excluding hydrogens is 322 g/mol. The minimum atomic E-state index is -1.02. The molecule has 25 heavy (non-hydrogen) atoms. The third kappa shape index (κ3) is 3.37. The van der Waals surface area contributed by atoms with E-state index in [-0.39, 0.29) is 30.6 Å². The number of carbonyl (C=O) groups is 3. The van der Waals surface area contributed by atoms with Crippen molar-refractivity contribution in [3.8, 4) is 0 Å². The van der Waals surface area contributed by atoms with E-state index in [9.17, 15) is 14.4 Å². The van der Waals surface area contributed by atoms with Crippen molar-refractivity contribution < 1.29 is 19.1 Å². The molecule has 2 atom stereocenters. The molecule has 0 unspecified atom stereocenters. The number of morpholine rings is 1. The third-order valence-electron chi connectivity index (χ3n) is 4.77. The van der Waals surface area contributed by atoms with Crippen molar-refractivity contribution in [1.29, 1.82) is 0 Å². The predicted molar refractivity (Wildman–Crippen MR) is 90.6 cm³/mol. The molecule has 0 spiro atoms. The molecule has 0 aliphatic carbocycles. The van der Waals surface area contributed by atoms with Crippen LogP contribution >= 0.6 is 0 Å². The van der Waals surface area contributed by atoms with Gasteiger partial charge in [-0.3, -0.25) is 14.9 Å². The van der Waals surface area contributed by atoms with Crippen LogP contribution in [0.1, 0.15) is 32.4 Å². The van der Waals surface area contributed by atoms with E-state index in [1.54, 1.807) is 18.7 Å². The maximum Gasteiger partial charge on any atom is 0.325 e. The van der Waals surface area contributed by atoms with Gasteiger partial charge >= 0.3 is 6.03 Å². The van der Waals surface area contributed by atoms with Crippen LogP contribution in [-0.4, -0.2) is 58.9 Å². The zero-order valence-electron chi connectivity index (χ0n) is 14.7. The molecule has 0 radical (unpaired) electrons. The monoisotopic (exact) mass is 345 g/mol. The van der Waals surface area contributed by atoms with Crippen LogP contribution in [0.25, 0.3) is 0 Å². The molecule has 2 heterocycles. The summed E-state index contributed by atoms with van der Waals surface area (Å²) in [6, 6.07) is 9.23. The zero-order chi connectivity index (χ0) is 18.2. The van der Waals surface area contributed by atoms with Gasteiger partial charge in [0.2, 0.25) is 5.91 Å². The van der Waals surface area contributed by atoms with E-state index in [1.807, 2.05) is 37.3 Å². The molecule has 7 nitrogen and oxygen atoms in total. The summed E-state index contributed by atoms with van der Waals surface area (Å²) in [4.78, 5) is 39.6. The fourth-order valence-corrected chi connectivity index (χ4v) is 3.21. The van der Waals surface area contributed by atoms with Crippen LogP contribution in [0.5, 0.6) is 0 Å². The van der Waals surface area contributed by atoms with Gasteiger partial charge in [-0.2, -0.15) is 0 Å². The maximum atomic E-state index is 12.8. The second kappa shape index (κ2) is 6.48. The lowest BCUT2D eigenvalue weighted by molar-refractivity contribution is -0.146. The lowest BCUT2D eigenvalue weighted by Gasteiger charge is -2.38. The summed E-state index contributed by atoms with van der Waals surface area (Å²) in [5.74, 6) is -0.572. The SMILES string of the molecule is C[C@@H]1CN(C(=O)CN2C(=O)NC(=O)C2(C)C)C[C@H](c2ccccc2)O1. The van der Waals surface area contributed by atoms with Gasteiger partial charge in [0, 0.05) is 6.54 Å². The molecule has 134 valence electrons. The van der Waals surface area contributed by atoms with Gasteiger partial charge < -0.3 is 14.5 Å². The van der Waals surface area contributed by atoms with Crippen molar-refractivity contribution >= 4 is 17.8 Å². The summed E-state index contributed by atoms with van der Waals surface area (Å²) < 4.78 is 5.96. The molecule has 0 bridgehead atoms. The summed E-state index contributed by atoms with van der Waals surface area (Å²) in [6.07, 6.45) is -0.305. The third-order valence-corrected chi connectivity index (χ3v) is 4.77. The zero-order valence-corrected chi connectivity index (χ0v) is 14.7. The number of amides is 4. The highest BCUT2D eigenvalue weighted by atomic mass is 16.5. The smallest absolute Gasteiger partial charge is 0.325 e. The quantitative estimate of drug-likeness (QED) is 0.838. The van der Waals surface area contributed by atoms with Crippen molar-refractivity contribution in [2.24, 2.45) is 0 Å². The van der Waals surface area contributed by atoms with Gasteiger partial charge in [0.15, 0.2) is 0 Å². The second-order valence-corrected chi connectivity index (χ2v) is 7.05. The van der Waals surface area contributed by atoms with Gasteiger partial charge in [-0.15, -0.1) is 0 Å². The Kier molecular flexibility index (Phi) is 4.51. The molecule has 3 rings (SSSR count). The van der Waals surface area contributed by atoms with Crippen LogP contribution in [0.4, 0.5) is 4.79 Å². The number of rotatable bonds is 3.